The number of hydrogen-bond acceptors (Lipinski definition) is 3. The van der Waals surface area contributed by atoms with Crippen molar-refractivity contribution in [3.05, 3.63) is 86.0 Å². The van der Waals surface area contributed by atoms with Crippen LogP contribution in [-0.2, 0) is 6.54 Å². The molecular weight excluding hydrogens is 516 g/mol. The Kier molecular flexibility index (Phi) is 6.01. The van der Waals surface area contributed by atoms with Gasteiger partial charge in [0.15, 0.2) is 0 Å². The summed E-state index contributed by atoms with van der Waals surface area (Å²) in [6.45, 7) is 0.154. The van der Waals surface area contributed by atoms with Crippen molar-refractivity contribution < 1.29 is 14.3 Å². The minimum Gasteiger partial charge on any atom is -0.390 e. The molecule has 0 aliphatic heterocycles. The summed E-state index contributed by atoms with van der Waals surface area (Å²) in [5, 5.41) is 15.1. The van der Waals surface area contributed by atoms with Gasteiger partial charge in [-0.05, 0) is 92.7 Å². The Morgan fingerprint density at radius 2 is 1.97 bits per heavy atom. The lowest BCUT2D eigenvalue weighted by Crippen LogP contribution is -2.52. The molecule has 3 bridgehead atoms. The van der Waals surface area contributed by atoms with Crippen molar-refractivity contribution in [3.63, 3.8) is 0 Å². The molecule has 4 atom stereocenters. The van der Waals surface area contributed by atoms with Crippen LogP contribution in [0.2, 0.25) is 10.0 Å². The Labute approximate surface area is 224 Å². The molecule has 1 heterocycles. The maximum atomic E-state index is 13.9. The van der Waals surface area contributed by atoms with Gasteiger partial charge in [0.25, 0.3) is 11.5 Å². The third-order valence-electron chi connectivity index (χ3n) is 8.55. The van der Waals surface area contributed by atoms with Crippen LogP contribution in [0.4, 0.5) is 4.39 Å². The minimum absolute atomic E-state index is 0.00535. The molecule has 9 heteroatoms. The highest BCUT2D eigenvalue weighted by Gasteiger charge is 2.56. The van der Waals surface area contributed by atoms with Crippen molar-refractivity contribution in [2.45, 2.75) is 62.6 Å². The number of halogens is 3. The fourth-order valence-corrected chi connectivity index (χ4v) is 7.60. The Morgan fingerprint density at radius 1 is 1.14 bits per heavy atom. The number of rotatable bonds is 5. The van der Waals surface area contributed by atoms with Gasteiger partial charge in [0, 0.05) is 16.8 Å². The number of fused-ring (bicyclic) bond motifs is 2. The number of benzene rings is 2. The van der Waals surface area contributed by atoms with Gasteiger partial charge in [-0.15, -0.1) is 0 Å². The minimum atomic E-state index is -0.625. The van der Waals surface area contributed by atoms with Crippen molar-refractivity contribution >= 4 is 29.1 Å². The Hall–Kier alpha value is -2.61. The first-order valence-corrected chi connectivity index (χ1v) is 13.5. The number of aliphatic hydroxyl groups is 1. The topological polar surface area (TPSA) is 76.3 Å². The maximum absolute atomic E-state index is 13.9. The molecular formula is C28H28Cl2FN3O3. The third-order valence-corrected chi connectivity index (χ3v) is 9.09. The fourth-order valence-electron chi connectivity index (χ4n) is 7.11. The number of amides is 1. The highest BCUT2D eigenvalue weighted by atomic mass is 35.5. The van der Waals surface area contributed by atoms with Crippen molar-refractivity contribution in [2.75, 3.05) is 0 Å². The molecule has 3 unspecified atom stereocenters. The number of aromatic nitrogens is 2. The summed E-state index contributed by atoms with van der Waals surface area (Å²) in [4.78, 5) is 27.4. The standard InChI is InChI=1S/C28H28Cl2FN3O3/c29-20-5-6-24(23(30)11-20)34-26(36)22(16-33(34)15-17-3-1-4-21(31)10-17)25(35)32-27-7-2-8-28(37)13-18(12-27)9-19(28)14-27/h1,3-6,10-11,16,18-19,37H,2,7-9,12-15H2,(H,32,35)/t18?,19?,27-,28?/m0/s1. The van der Waals surface area contributed by atoms with E-state index in [1.54, 1.807) is 28.9 Å². The van der Waals surface area contributed by atoms with Crippen LogP contribution in [0, 0.1) is 17.7 Å². The highest BCUT2D eigenvalue weighted by Crippen LogP contribution is 2.57. The average molecular weight is 544 g/mol. The van der Waals surface area contributed by atoms with Crippen molar-refractivity contribution in [3.8, 4) is 5.69 Å². The zero-order valence-electron chi connectivity index (χ0n) is 20.2. The van der Waals surface area contributed by atoms with Crippen LogP contribution in [0.1, 0.15) is 60.9 Å². The van der Waals surface area contributed by atoms with E-state index in [0.29, 0.717) is 22.2 Å². The molecule has 6 rings (SSSR count). The lowest BCUT2D eigenvalue weighted by molar-refractivity contribution is -0.00494. The highest BCUT2D eigenvalue weighted by molar-refractivity contribution is 6.35. The van der Waals surface area contributed by atoms with Gasteiger partial charge in [-0.1, -0.05) is 35.3 Å². The van der Waals surface area contributed by atoms with Gasteiger partial charge < -0.3 is 10.4 Å². The number of nitrogens with one attached hydrogen (secondary N) is 1. The predicted octanol–water partition coefficient (Wildman–Crippen LogP) is 5.34. The van der Waals surface area contributed by atoms with E-state index in [4.69, 9.17) is 23.2 Å². The van der Waals surface area contributed by atoms with Gasteiger partial charge in [-0.3, -0.25) is 14.3 Å². The molecule has 0 saturated heterocycles. The maximum Gasteiger partial charge on any atom is 0.284 e. The summed E-state index contributed by atoms with van der Waals surface area (Å²) < 4.78 is 16.8. The van der Waals surface area contributed by atoms with E-state index in [2.05, 4.69) is 5.32 Å². The van der Waals surface area contributed by atoms with Gasteiger partial charge in [-0.2, -0.15) is 0 Å². The Bertz CT molecular complexity index is 1450. The van der Waals surface area contributed by atoms with Crippen LogP contribution < -0.4 is 10.9 Å². The molecule has 2 N–H and O–H groups in total. The van der Waals surface area contributed by atoms with Gasteiger partial charge in [0.05, 0.1) is 22.9 Å². The molecule has 3 fully saturated rings. The summed E-state index contributed by atoms with van der Waals surface area (Å²) in [6.07, 6.45) is 7.24. The summed E-state index contributed by atoms with van der Waals surface area (Å²) in [7, 11) is 0. The van der Waals surface area contributed by atoms with E-state index in [1.807, 2.05) is 0 Å². The van der Waals surface area contributed by atoms with Crippen LogP contribution in [-0.4, -0.2) is 31.5 Å². The normalized spacial score (nSPS) is 28.3. The number of hydrogen-bond donors (Lipinski definition) is 2. The van der Waals surface area contributed by atoms with E-state index in [1.165, 1.54) is 29.1 Å². The summed E-state index contributed by atoms with van der Waals surface area (Å²) >= 11 is 12.5. The zero-order chi connectivity index (χ0) is 25.9. The summed E-state index contributed by atoms with van der Waals surface area (Å²) in [5.41, 5.74) is -0.565. The largest absolute Gasteiger partial charge is 0.390 e. The van der Waals surface area contributed by atoms with Gasteiger partial charge >= 0.3 is 0 Å². The molecule has 3 aromatic rings. The van der Waals surface area contributed by atoms with Gasteiger partial charge in [-0.25, -0.2) is 9.07 Å². The molecule has 3 aliphatic carbocycles. The summed E-state index contributed by atoms with van der Waals surface area (Å²) in [5.74, 6) is -0.267. The SMILES string of the molecule is O=C(N[C@]12CCCC3(O)CC(CC3C1)C2)c1cn(Cc2cccc(F)c2)n(-c2ccc(Cl)cc2Cl)c1=O. The fraction of sp³-hybridized carbons (Fsp3) is 0.429. The second-order valence-corrected chi connectivity index (χ2v) is 11.9. The monoisotopic (exact) mass is 543 g/mol. The van der Waals surface area contributed by atoms with E-state index in [-0.39, 0.29) is 28.9 Å². The lowest BCUT2D eigenvalue weighted by atomic mass is 9.73. The van der Waals surface area contributed by atoms with Crippen molar-refractivity contribution in [1.82, 2.24) is 14.7 Å². The smallest absolute Gasteiger partial charge is 0.284 e. The van der Waals surface area contributed by atoms with Crippen LogP contribution in [0.15, 0.2) is 53.5 Å². The first-order chi connectivity index (χ1) is 17.6. The van der Waals surface area contributed by atoms with Crippen LogP contribution in [0.25, 0.3) is 5.69 Å². The molecule has 194 valence electrons. The average Bonchev–Trinajstić information content (AvgIpc) is 3.22. The second kappa shape index (κ2) is 9.00. The number of nitrogens with zero attached hydrogens (tertiary/aromatic N) is 2. The number of carbonyl (C=O) groups excluding carboxylic acids is 1. The molecule has 2 aromatic carbocycles. The zero-order valence-corrected chi connectivity index (χ0v) is 21.7. The van der Waals surface area contributed by atoms with Crippen LogP contribution in [0.3, 0.4) is 0 Å². The lowest BCUT2D eigenvalue weighted by Gasteiger charge is -2.40. The molecule has 0 spiro atoms. The van der Waals surface area contributed by atoms with Crippen LogP contribution in [0.5, 0.6) is 0 Å². The first kappa shape index (κ1) is 24.7. The van der Waals surface area contributed by atoms with E-state index >= 15 is 0 Å². The van der Waals surface area contributed by atoms with E-state index < -0.39 is 22.6 Å². The molecule has 0 radical (unpaired) electrons. The van der Waals surface area contributed by atoms with Crippen molar-refractivity contribution in [1.29, 1.82) is 0 Å². The molecule has 1 amide bonds. The van der Waals surface area contributed by atoms with Crippen LogP contribution >= 0.6 is 23.2 Å². The van der Waals surface area contributed by atoms with E-state index in [9.17, 15) is 19.1 Å². The predicted molar refractivity (Wildman–Crippen MR) is 140 cm³/mol. The number of carbonyl (C=O) groups is 1. The van der Waals surface area contributed by atoms with Gasteiger partial charge in [0.2, 0.25) is 0 Å². The van der Waals surface area contributed by atoms with E-state index in [0.717, 1.165) is 44.9 Å². The second-order valence-electron chi connectivity index (χ2n) is 11.1. The van der Waals surface area contributed by atoms with Crippen molar-refractivity contribution in [2.24, 2.45) is 11.8 Å². The molecule has 37 heavy (non-hydrogen) atoms. The molecule has 3 saturated carbocycles. The molecule has 6 nitrogen and oxygen atoms in total. The summed E-state index contributed by atoms with van der Waals surface area (Å²) in [6, 6.07) is 10.9. The third kappa shape index (κ3) is 4.41. The Morgan fingerprint density at radius 3 is 2.76 bits per heavy atom. The van der Waals surface area contributed by atoms with Gasteiger partial charge in [0.1, 0.15) is 11.4 Å². The molecule has 1 aromatic heterocycles. The quantitative estimate of drug-likeness (QED) is 0.456. The molecule has 3 aliphatic rings. The first-order valence-electron chi connectivity index (χ1n) is 12.7. The Balaban J connectivity index is 1.38.